The molecule has 2 N–H and O–H groups in total. The molecule has 2 heterocycles. The number of amides is 1. The molecule has 8 nitrogen and oxygen atoms in total. The van der Waals surface area contributed by atoms with Gasteiger partial charge in [-0.1, -0.05) is 36.8 Å². The molecule has 2 atom stereocenters. The molecule has 0 saturated carbocycles. The highest BCUT2D eigenvalue weighted by Crippen LogP contribution is 2.33. The van der Waals surface area contributed by atoms with E-state index in [2.05, 4.69) is 34.0 Å². The molecule has 1 amide bonds. The van der Waals surface area contributed by atoms with Gasteiger partial charge in [-0.15, -0.1) is 0 Å². The molecule has 1 aliphatic heterocycles. The number of allylic oxidation sites excluding steroid dienone is 2. The van der Waals surface area contributed by atoms with Crippen LogP contribution in [0.3, 0.4) is 0 Å². The minimum absolute atomic E-state index is 0.138. The fourth-order valence-corrected chi connectivity index (χ4v) is 4.97. The minimum Gasteiger partial charge on any atom is -0.478 e. The van der Waals surface area contributed by atoms with Crippen LogP contribution in [-0.4, -0.2) is 59.5 Å². The maximum Gasteiger partial charge on any atom is 0.337 e. The molecular formula is C25H34N4O4S. The molecule has 0 aliphatic carbocycles. The number of anilines is 1. The van der Waals surface area contributed by atoms with Crippen molar-refractivity contribution in [3.8, 4) is 0 Å². The molecule has 1 fully saturated rings. The summed E-state index contributed by atoms with van der Waals surface area (Å²) in [4.78, 5) is 35.7. The van der Waals surface area contributed by atoms with Crippen LogP contribution >= 0.6 is 11.3 Å². The first-order valence-corrected chi connectivity index (χ1v) is 12.6. The number of hydrogen-bond donors (Lipinski definition) is 2. The first-order chi connectivity index (χ1) is 16.2. The van der Waals surface area contributed by atoms with Crippen LogP contribution in [0.5, 0.6) is 0 Å². The number of carboxylic acids is 1. The Morgan fingerprint density at radius 2 is 2.06 bits per heavy atom. The summed E-state index contributed by atoms with van der Waals surface area (Å²) < 4.78 is 6.80. The first kappa shape index (κ1) is 25.8. The zero-order valence-corrected chi connectivity index (χ0v) is 21.4. The van der Waals surface area contributed by atoms with Crippen LogP contribution in [0.1, 0.15) is 64.2 Å². The Labute approximate surface area is 204 Å². The number of nitrogens with one attached hydrogen (secondary N) is 1. The van der Waals surface area contributed by atoms with E-state index in [4.69, 9.17) is 4.74 Å². The highest BCUT2D eigenvalue weighted by molar-refractivity contribution is 7.22. The topological polar surface area (TPSA) is 104 Å². The number of aromatic nitrogens is 1. The Balaban J connectivity index is 1.76. The van der Waals surface area contributed by atoms with Crippen molar-refractivity contribution in [2.24, 2.45) is 4.99 Å². The Kier molecular flexibility index (Phi) is 8.79. The zero-order valence-electron chi connectivity index (χ0n) is 20.6. The number of carbonyl (C=O) groups excluding carboxylic acids is 1. The molecule has 1 saturated heterocycles. The summed E-state index contributed by atoms with van der Waals surface area (Å²) in [5, 5.41) is 13.4. The summed E-state index contributed by atoms with van der Waals surface area (Å²) in [6, 6.07) is 5.01. The highest BCUT2D eigenvalue weighted by atomic mass is 32.1. The van der Waals surface area contributed by atoms with E-state index in [0.29, 0.717) is 42.0 Å². The third kappa shape index (κ3) is 6.01. The van der Waals surface area contributed by atoms with Crippen molar-refractivity contribution in [3.63, 3.8) is 0 Å². The lowest BCUT2D eigenvalue weighted by atomic mass is 10.0. The second-order valence-electron chi connectivity index (χ2n) is 8.60. The fourth-order valence-electron chi connectivity index (χ4n) is 3.86. The SMILES string of the molecule is CCCO[C@H]1CN(c2nc3cccc(C(=O)O)c3s2)CCC1NC(=O)/C(C)=N/C(C)=C(\C)CC. The molecule has 0 radical (unpaired) electrons. The average Bonchev–Trinajstić information content (AvgIpc) is 3.26. The number of hydrogen-bond acceptors (Lipinski definition) is 7. The normalized spacial score (nSPS) is 19.8. The van der Waals surface area contributed by atoms with E-state index >= 15 is 0 Å². The van der Waals surface area contributed by atoms with Crippen molar-refractivity contribution >= 4 is 44.3 Å². The van der Waals surface area contributed by atoms with Crippen molar-refractivity contribution in [2.45, 2.75) is 66.0 Å². The van der Waals surface area contributed by atoms with Gasteiger partial charge in [-0.2, -0.15) is 0 Å². The third-order valence-corrected chi connectivity index (χ3v) is 7.29. The van der Waals surface area contributed by atoms with Gasteiger partial charge in [0, 0.05) is 25.4 Å². The molecule has 0 spiro atoms. The smallest absolute Gasteiger partial charge is 0.337 e. The number of benzene rings is 1. The lowest BCUT2D eigenvalue weighted by molar-refractivity contribution is -0.117. The van der Waals surface area contributed by atoms with Gasteiger partial charge in [-0.3, -0.25) is 9.79 Å². The summed E-state index contributed by atoms with van der Waals surface area (Å²) in [7, 11) is 0. The lowest BCUT2D eigenvalue weighted by Crippen LogP contribution is -2.56. The lowest BCUT2D eigenvalue weighted by Gasteiger charge is -2.38. The summed E-state index contributed by atoms with van der Waals surface area (Å²) in [6.07, 6.45) is 2.26. The van der Waals surface area contributed by atoms with Crippen LogP contribution in [0.4, 0.5) is 5.13 Å². The Hall–Kier alpha value is -2.78. The van der Waals surface area contributed by atoms with Crippen molar-refractivity contribution in [1.82, 2.24) is 10.3 Å². The van der Waals surface area contributed by atoms with Crippen LogP contribution in [0.15, 0.2) is 34.5 Å². The summed E-state index contributed by atoms with van der Waals surface area (Å²) >= 11 is 1.38. The average molecular weight is 487 g/mol. The predicted octanol–water partition coefficient (Wildman–Crippen LogP) is 4.65. The summed E-state index contributed by atoms with van der Waals surface area (Å²) in [5.41, 5.74) is 3.42. The quantitative estimate of drug-likeness (QED) is 0.500. The van der Waals surface area contributed by atoms with Crippen molar-refractivity contribution in [3.05, 3.63) is 35.0 Å². The predicted molar refractivity (Wildman–Crippen MR) is 137 cm³/mol. The Bertz CT molecular complexity index is 1110. The number of aromatic carboxylic acids is 1. The molecule has 1 aromatic heterocycles. The van der Waals surface area contributed by atoms with Crippen LogP contribution in [0.2, 0.25) is 0 Å². The number of piperidine rings is 1. The van der Waals surface area contributed by atoms with E-state index in [1.807, 2.05) is 19.9 Å². The van der Waals surface area contributed by atoms with E-state index in [0.717, 1.165) is 29.2 Å². The summed E-state index contributed by atoms with van der Waals surface area (Å²) in [5.74, 6) is -1.14. The second kappa shape index (κ2) is 11.6. The molecule has 9 heteroatoms. The molecule has 1 aliphatic rings. The molecule has 34 heavy (non-hydrogen) atoms. The molecule has 0 bridgehead atoms. The summed E-state index contributed by atoms with van der Waals surface area (Å²) in [6.45, 7) is 11.7. The number of aliphatic imine (C=N–C) groups is 1. The van der Waals surface area contributed by atoms with Crippen LogP contribution < -0.4 is 10.2 Å². The maximum absolute atomic E-state index is 12.8. The van der Waals surface area contributed by atoms with Gasteiger partial charge < -0.3 is 20.1 Å². The largest absolute Gasteiger partial charge is 0.478 e. The van der Waals surface area contributed by atoms with Crippen LogP contribution in [0.25, 0.3) is 10.2 Å². The molecular weight excluding hydrogens is 452 g/mol. The van der Waals surface area contributed by atoms with Gasteiger partial charge >= 0.3 is 5.97 Å². The minimum atomic E-state index is -0.956. The van der Waals surface area contributed by atoms with E-state index in [1.165, 1.54) is 11.3 Å². The van der Waals surface area contributed by atoms with Crippen LogP contribution in [-0.2, 0) is 9.53 Å². The number of nitrogens with zero attached hydrogens (tertiary/aromatic N) is 3. The number of thiazole rings is 1. The molecule has 184 valence electrons. The number of carboxylic acid groups (broad SMARTS) is 1. The van der Waals surface area contributed by atoms with Gasteiger partial charge in [-0.05, 0) is 52.2 Å². The van der Waals surface area contributed by atoms with E-state index < -0.39 is 5.97 Å². The van der Waals surface area contributed by atoms with Gasteiger partial charge in [0.2, 0.25) is 0 Å². The van der Waals surface area contributed by atoms with Crippen LogP contribution in [0, 0.1) is 0 Å². The van der Waals surface area contributed by atoms with E-state index in [-0.39, 0.29) is 23.6 Å². The zero-order chi connectivity index (χ0) is 24.8. The van der Waals surface area contributed by atoms with Crippen molar-refractivity contribution in [1.29, 1.82) is 0 Å². The number of ether oxygens (including phenoxy) is 1. The monoisotopic (exact) mass is 486 g/mol. The molecule has 1 aromatic carbocycles. The highest BCUT2D eigenvalue weighted by Gasteiger charge is 2.33. The van der Waals surface area contributed by atoms with Gasteiger partial charge in [0.25, 0.3) is 5.91 Å². The first-order valence-electron chi connectivity index (χ1n) is 11.8. The third-order valence-electron chi connectivity index (χ3n) is 6.13. The van der Waals surface area contributed by atoms with Crippen molar-refractivity contribution in [2.75, 3.05) is 24.6 Å². The van der Waals surface area contributed by atoms with E-state index in [9.17, 15) is 14.7 Å². The van der Waals surface area contributed by atoms with E-state index in [1.54, 1.807) is 19.1 Å². The Morgan fingerprint density at radius 1 is 1.29 bits per heavy atom. The van der Waals surface area contributed by atoms with Gasteiger partial charge in [0.1, 0.15) is 5.71 Å². The fraction of sp³-hybridized carbons (Fsp3) is 0.520. The number of carbonyl (C=O) groups is 2. The molecule has 2 aromatic rings. The van der Waals surface area contributed by atoms with Gasteiger partial charge in [0.15, 0.2) is 5.13 Å². The number of fused-ring (bicyclic) bond motifs is 1. The second-order valence-corrected chi connectivity index (χ2v) is 9.57. The van der Waals surface area contributed by atoms with Gasteiger partial charge in [0.05, 0.1) is 27.9 Å². The molecule has 3 rings (SSSR count). The van der Waals surface area contributed by atoms with Crippen molar-refractivity contribution < 1.29 is 19.4 Å². The van der Waals surface area contributed by atoms with Gasteiger partial charge in [-0.25, -0.2) is 9.78 Å². The Morgan fingerprint density at radius 3 is 2.74 bits per heavy atom. The molecule has 1 unspecified atom stereocenters. The number of rotatable bonds is 9. The maximum atomic E-state index is 12.8. The standard InChI is InChI=1S/C25H34N4O4S/c1-6-13-33-21-14-29(25-28-20-10-8-9-18(24(31)32)22(20)34-25)12-11-19(21)27-23(30)17(5)26-16(4)15(3)7-2/h8-10,19,21H,6-7,11-14H2,1-5H3,(H,27,30)(H,31,32)/b16-15+,26-17+/t19?,21-/m0/s1.